The van der Waals surface area contributed by atoms with Gasteiger partial charge >= 0.3 is 5.97 Å². The maximum atomic E-state index is 11.8. The maximum absolute atomic E-state index is 11.8. The van der Waals surface area contributed by atoms with Crippen LogP contribution in [-0.4, -0.2) is 40.2 Å². The number of ether oxygens (including phenoxy) is 1. The molecule has 1 aliphatic heterocycles. The van der Waals surface area contributed by atoms with Gasteiger partial charge in [-0.2, -0.15) is 0 Å². The Labute approximate surface area is 114 Å². The van der Waals surface area contributed by atoms with Gasteiger partial charge in [-0.15, -0.1) is 0 Å². The molecule has 0 amide bonds. The van der Waals surface area contributed by atoms with E-state index in [-0.39, 0.29) is 23.5 Å². The highest BCUT2D eigenvalue weighted by molar-refractivity contribution is 5.73. The summed E-state index contributed by atoms with van der Waals surface area (Å²) in [6.07, 6.45) is 1.60. The standard InChI is InChI=1S/C11H22N2O2.C2H4O2/c1-8-7-9(5-6-13(8)12)10(14)15-11(2,3)4;1-2(3)4/h8-9H,5-7,12H2,1-4H3;1H3,(H,3,4). The highest BCUT2D eigenvalue weighted by Crippen LogP contribution is 2.23. The fourth-order valence-electron chi connectivity index (χ4n) is 1.79. The maximum Gasteiger partial charge on any atom is 0.309 e. The van der Waals surface area contributed by atoms with Crippen LogP contribution in [-0.2, 0) is 14.3 Å². The number of nitrogens with zero attached hydrogens (tertiary/aromatic N) is 1. The minimum atomic E-state index is -0.833. The molecule has 19 heavy (non-hydrogen) atoms. The van der Waals surface area contributed by atoms with Crippen molar-refractivity contribution in [2.45, 2.75) is 59.1 Å². The number of piperidine rings is 1. The minimum Gasteiger partial charge on any atom is -0.481 e. The Morgan fingerprint density at radius 2 is 1.84 bits per heavy atom. The number of aliphatic carboxylic acids is 1. The Kier molecular flexibility index (Phi) is 7.00. The molecule has 1 aliphatic rings. The summed E-state index contributed by atoms with van der Waals surface area (Å²) >= 11 is 0. The number of carboxylic acids is 1. The van der Waals surface area contributed by atoms with Crippen molar-refractivity contribution in [2.75, 3.05) is 6.54 Å². The molecule has 0 aromatic carbocycles. The first kappa shape index (κ1) is 17.9. The van der Waals surface area contributed by atoms with Crippen molar-refractivity contribution < 1.29 is 19.4 Å². The smallest absolute Gasteiger partial charge is 0.309 e. The topological polar surface area (TPSA) is 92.9 Å². The molecular formula is C13H26N2O4. The van der Waals surface area contributed by atoms with Crippen molar-refractivity contribution in [3.63, 3.8) is 0 Å². The van der Waals surface area contributed by atoms with Crippen molar-refractivity contribution in [1.29, 1.82) is 0 Å². The van der Waals surface area contributed by atoms with Gasteiger partial charge < -0.3 is 9.84 Å². The predicted octanol–water partition coefficient (Wildman–Crippen LogP) is 1.39. The van der Waals surface area contributed by atoms with Gasteiger partial charge in [0, 0.05) is 19.5 Å². The zero-order chi connectivity index (χ0) is 15.2. The summed E-state index contributed by atoms with van der Waals surface area (Å²) in [6.45, 7) is 9.58. The lowest BCUT2D eigenvalue weighted by atomic mass is 9.92. The highest BCUT2D eigenvalue weighted by Gasteiger charge is 2.31. The fourth-order valence-corrected chi connectivity index (χ4v) is 1.79. The molecule has 1 saturated heterocycles. The van der Waals surface area contributed by atoms with Crippen LogP contribution in [0.4, 0.5) is 0 Å². The van der Waals surface area contributed by atoms with Crippen LogP contribution in [0, 0.1) is 5.92 Å². The number of carboxylic acid groups (broad SMARTS) is 1. The number of hydrogen-bond donors (Lipinski definition) is 2. The predicted molar refractivity (Wildman–Crippen MR) is 72.2 cm³/mol. The number of rotatable bonds is 1. The second-order valence-electron chi connectivity index (χ2n) is 5.86. The Morgan fingerprint density at radius 1 is 1.37 bits per heavy atom. The Balaban J connectivity index is 0.000000711. The summed E-state index contributed by atoms with van der Waals surface area (Å²) in [7, 11) is 0. The van der Waals surface area contributed by atoms with Crippen molar-refractivity contribution in [2.24, 2.45) is 11.8 Å². The molecule has 0 bridgehead atoms. The molecule has 0 aliphatic carbocycles. The number of carbonyl (C=O) groups excluding carboxylic acids is 1. The zero-order valence-corrected chi connectivity index (χ0v) is 12.5. The quantitative estimate of drug-likeness (QED) is 0.554. The first-order valence-corrected chi connectivity index (χ1v) is 6.46. The second-order valence-corrected chi connectivity index (χ2v) is 5.86. The molecule has 2 atom stereocenters. The van der Waals surface area contributed by atoms with Gasteiger partial charge in [0.1, 0.15) is 5.60 Å². The Bertz CT molecular complexity index is 308. The van der Waals surface area contributed by atoms with Crippen LogP contribution in [0.15, 0.2) is 0 Å². The molecule has 1 rings (SSSR count). The molecule has 1 fully saturated rings. The highest BCUT2D eigenvalue weighted by atomic mass is 16.6. The molecule has 0 aromatic heterocycles. The molecule has 1 heterocycles. The van der Waals surface area contributed by atoms with E-state index in [0.717, 1.165) is 26.3 Å². The average Bonchev–Trinajstić information content (AvgIpc) is 2.18. The van der Waals surface area contributed by atoms with Crippen LogP contribution in [0.2, 0.25) is 0 Å². The summed E-state index contributed by atoms with van der Waals surface area (Å²) in [5.41, 5.74) is -0.389. The summed E-state index contributed by atoms with van der Waals surface area (Å²) in [6, 6.07) is 0.260. The number of hydrazine groups is 1. The lowest BCUT2D eigenvalue weighted by molar-refractivity contribution is -0.162. The Hall–Kier alpha value is -1.14. The van der Waals surface area contributed by atoms with E-state index in [1.807, 2.05) is 27.7 Å². The third-order valence-electron chi connectivity index (χ3n) is 2.67. The van der Waals surface area contributed by atoms with E-state index in [0.29, 0.717) is 0 Å². The summed E-state index contributed by atoms with van der Waals surface area (Å²) < 4.78 is 5.36. The Morgan fingerprint density at radius 3 is 2.21 bits per heavy atom. The van der Waals surface area contributed by atoms with E-state index in [4.69, 9.17) is 20.5 Å². The number of carbonyl (C=O) groups is 2. The molecule has 0 saturated carbocycles. The summed E-state index contributed by atoms with van der Waals surface area (Å²) in [4.78, 5) is 20.8. The van der Waals surface area contributed by atoms with E-state index in [2.05, 4.69) is 0 Å². The number of nitrogens with two attached hydrogens (primary N) is 1. The second kappa shape index (κ2) is 7.45. The molecular weight excluding hydrogens is 248 g/mol. The average molecular weight is 274 g/mol. The van der Waals surface area contributed by atoms with Gasteiger partial charge in [-0.3, -0.25) is 15.4 Å². The molecule has 0 spiro atoms. The first-order valence-electron chi connectivity index (χ1n) is 6.46. The molecule has 2 unspecified atom stereocenters. The van der Waals surface area contributed by atoms with Gasteiger partial charge in [0.15, 0.2) is 0 Å². The molecule has 112 valence electrons. The van der Waals surface area contributed by atoms with Gasteiger partial charge in [0.2, 0.25) is 0 Å². The van der Waals surface area contributed by atoms with Crippen LogP contribution in [0.5, 0.6) is 0 Å². The van der Waals surface area contributed by atoms with Crippen LogP contribution < -0.4 is 5.84 Å². The zero-order valence-electron chi connectivity index (χ0n) is 12.5. The fraction of sp³-hybridized carbons (Fsp3) is 0.846. The van der Waals surface area contributed by atoms with Crippen molar-refractivity contribution >= 4 is 11.9 Å². The normalized spacial score (nSPS) is 24.1. The van der Waals surface area contributed by atoms with E-state index >= 15 is 0 Å². The van der Waals surface area contributed by atoms with Crippen molar-refractivity contribution in [1.82, 2.24) is 5.01 Å². The lowest BCUT2D eigenvalue weighted by Gasteiger charge is -2.34. The van der Waals surface area contributed by atoms with Crippen LogP contribution in [0.25, 0.3) is 0 Å². The van der Waals surface area contributed by atoms with E-state index in [9.17, 15) is 4.79 Å². The third-order valence-corrected chi connectivity index (χ3v) is 2.67. The lowest BCUT2D eigenvalue weighted by Crippen LogP contribution is -2.47. The van der Waals surface area contributed by atoms with Gasteiger partial charge in [-0.05, 0) is 40.5 Å². The van der Waals surface area contributed by atoms with Gasteiger partial charge in [0.05, 0.1) is 5.92 Å². The monoisotopic (exact) mass is 274 g/mol. The van der Waals surface area contributed by atoms with Crippen molar-refractivity contribution in [3.8, 4) is 0 Å². The minimum absolute atomic E-state index is 0.0130. The third kappa shape index (κ3) is 8.56. The van der Waals surface area contributed by atoms with E-state index in [1.54, 1.807) is 5.01 Å². The first-order chi connectivity index (χ1) is 8.53. The molecule has 6 nitrogen and oxygen atoms in total. The summed E-state index contributed by atoms with van der Waals surface area (Å²) in [5.74, 6) is 4.85. The van der Waals surface area contributed by atoms with Crippen molar-refractivity contribution in [3.05, 3.63) is 0 Å². The van der Waals surface area contributed by atoms with E-state index in [1.165, 1.54) is 0 Å². The van der Waals surface area contributed by atoms with Crippen LogP contribution in [0.3, 0.4) is 0 Å². The number of hydrogen-bond acceptors (Lipinski definition) is 5. The van der Waals surface area contributed by atoms with Gasteiger partial charge in [-0.25, -0.2) is 5.01 Å². The number of esters is 1. The molecule has 0 aromatic rings. The van der Waals surface area contributed by atoms with Gasteiger partial charge in [-0.1, -0.05) is 0 Å². The molecule has 6 heteroatoms. The SMILES string of the molecule is CC(=O)O.CC1CC(C(=O)OC(C)(C)C)CCN1N. The van der Waals surface area contributed by atoms with Gasteiger partial charge in [0.25, 0.3) is 5.97 Å². The van der Waals surface area contributed by atoms with Crippen LogP contribution >= 0.6 is 0 Å². The van der Waals surface area contributed by atoms with E-state index < -0.39 is 5.97 Å². The molecule has 3 N–H and O–H groups in total. The largest absolute Gasteiger partial charge is 0.481 e. The van der Waals surface area contributed by atoms with Crippen LogP contribution in [0.1, 0.15) is 47.5 Å². The molecule has 0 radical (unpaired) electrons. The summed E-state index contributed by atoms with van der Waals surface area (Å²) in [5, 5.41) is 9.21.